The van der Waals surface area contributed by atoms with Crippen LogP contribution in [0.4, 0.5) is 5.82 Å². The molecule has 1 aliphatic rings. The van der Waals surface area contributed by atoms with Gasteiger partial charge in [-0.3, -0.25) is 4.99 Å². The number of guanidine groups is 1. The molecule has 1 aliphatic heterocycles. The molecule has 0 aliphatic carbocycles. The maximum atomic E-state index is 12.2. The van der Waals surface area contributed by atoms with Gasteiger partial charge < -0.3 is 15.5 Å². The Labute approximate surface area is 163 Å². The van der Waals surface area contributed by atoms with Crippen LogP contribution in [0.15, 0.2) is 29.4 Å². The lowest BCUT2D eigenvalue weighted by Crippen LogP contribution is -2.49. The summed E-state index contributed by atoms with van der Waals surface area (Å²) in [5.41, 5.74) is 0. The van der Waals surface area contributed by atoms with Crippen molar-refractivity contribution in [1.82, 2.24) is 19.9 Å². The summed E-state index contributed by atoms with van der Waals surface area (Å²) in [5.74, 6) is 1.73. The average molecular weight is 397 g/mol. The first-order valence-electron chi connectivity index (χ1n) is 9.61. The van der Waals surface area contributed by atoms with Gasteiger partial charge in [0.25, 0.3) is 0 Å². The van der Waals surface area contributed by atoms with Gasteiger partial charge in [-0.25, -0.2) is 17.7 Å². The molecular formula is C18H32N6O2S. The second-order valence-electron chi connectivity index (χ2n) is 6.49. The fraction of sp³-hybridized carbons (Fsp3) is 0.667. The van der Waals surface area contributed by atoms with E-state index in [0.29, 0.717) is 31.6 Å². The third kappa shape index (κ3) is 6.35. The van der Waals surface area contributed by atoms with Crippen LogP contribution in [0.2, 0.25) is 0 Å². The lowest BCUT2D eigenvalue weighted by Gasteiger charge is -2.33. The fourth-order valence-corrected chi connectivity index (χ4v) is 4.63. The number of rotatable bonds is 8. The Morgan fingerprint density at radius 3 is 2.56 bits per heavy atom. The highest BCUT2D eigenvalue weighted by Crippen LogP contribution is 2.17. The van der Waals surface area contributed by atoms with Crippen LogP contribution in [0.1, 0.15) is 26.7 Å². The van der Waals surface area contributed by atoms with E-state index in [4.69, 9.17) is 0 Å². The second-order valence-corrected chi connectivity index (χ2v) is 8.58. The van der Waals surface area contributed by atoms with Crippen LogP contribution in [-0.4, -0.2) is 75.2 Å². The Morgan fingerprint density at radius 1 is 1.30 bits per heavy atom. The largest absolute Gasteiger partial charge is 0.356 e. The van der Waals surface area contributed by atoms with Crippen LogP contribution >= 0.6 is 0 Å². The van der Waals surface area contributed by atoms with Gasteiger partial charge in [0.05, 0.1) is 5.75 Å². The molecule has 0 aromatic carbocycles. The molecule has 0 saturated carbocycles. The summed E-state index contributed by atoms with van der Waals surface area (Å²) < 4.78 is 26.0. The molecule has 8 nitrogen and oxygen atoms in total. The van der Waals surface area contributed by atoms with Gasteiger partial charge in [-0.15, -0.1) is 0 Å². The van der Waals surface area contributed by atoms with Crippen LogP contribution in [0, 0.1) is 0 Å². The minimum absolute atomic E-state index is 0.0630. The molecule has 152 valence electrons. The van der Waals surface area contributed by atoms with Gasteiger partial charge in [-0.05, 0) is 25.0 Å². The molecule has 9 heteroatoms. The number of sulfonamides is 1. The van der Waals surface area contributed by atoms with E-state index in [9.17, 15) is 8.42 Å². The summed E-state index contributed by atoms with van der Waals surface area (Å²) in [4.78, 5) is 10.9. The van der Waals surface area contributed by atoms with Crippen molar-refractivity contribution in [1.29, 1.82) is 0 Å². The first kappa shape index (κ1) is 21.4. The van der Waals surface area contributed by atoms with Crippen LogP contribution in [0.5, 0.6) is 0 Å². The Kier molecular flexibility index (Phi) is 8.30. The number of nitrogens with zero attached hydrogens (tertiary/aromatic N) is 4. The van der Waals surface area contributed by atoms with Crippen molar-refractivity contribution in [3.05, 3.63) is 24.4 Å². The van der Waals surface area contributed by atoms with Crippen LogP contribution < -0.4 is 15.5 Å². The van der Waals surface area contributed by atoms with Crippen molar-refractivity contribution >= 4 is 21.8 Å². The smallest absolute Gasteiger partial charge is 0.215 e. The van der Waals surface area contributed by atoms with Crippen LogP contribution in [0.3, 0.4) is 0 Å². The van der Waals surface area contributed by atoms with Crippen molar-refractivity contribution in [3.8, 4) is 0 Å². The lowest BCUT2D eigenvalue weighted by molar-refractivity contribution is 0.444. The van der Waals surface area contributed by atoms with Gasteiger partial charge in [-0.2, -0.15) is 0 Å². The predicted octanol–water partition coefficient (Wildman–Crippen LogP) is 0.887. The molecule has 1 aromatic rings. The number of hydrogen-bond acceptors (Lipinski definition) is 5. The van der Waals surface area contributed by atoms with E-state index in [0.717, 1.165) is 31.7 Å². The van der Waals surface area contributed by atoms with E-state index >= 15 is 0 Å². The summed E-state index contributed by atoms with van der Waals surface area (Å²) in [5, 5.41) is 6.53. The summed E-state index contributed by atoms with van der Waals surface area (Å²) in [7, 11) is -1.52. The highest BCUT2D eigenvalue weighted by molar-refractivity contribution is 7.89. The number of anilines is 1. The maximum absolute atomic E-state index is 12.2. The monoisotopic (exact) mass is 396 g/mol. The maximum Gasteiger partial charge on any atom is 0.215 e. The number of hydrogen-bond donors (Lipinski definition) is 2. The van der Waals surface area contributed by atoms with Crippen molar-refractivity contribution in [2.45, 2.75) is 32.7 Å². The molecule has 27 heavy (non-hydrogen) atoms. The molecule has 2 heterocycles. The number of aromatic nitrogens is 1. The Balaban J connectivity index is 1.76. The molecule has 1 aromatic heterocycles. The second kappa shape index (κ2) is 10.5. The van der Waals surface area contributed by atoms with E-state index in [1.54, 1.807) is 7.05 Å². The predicted molar refractivity (Wildman–Crippen MR) is 111 cm³/mol. The van der Waals surface area contributed by atoms with Crippen LogP contribution in [-0.2, 0) is 10.0 Å². The van der Waals surface area contributed by atoms with Gasteiger partial charge in [0.1, 0.15) is 5.82 Å². The Hall–Kier alpha value is -1.87. The van der Waals surface area contributed by atoms with Crippen molar-refractivity contribution in [2.75, 3.05) is 50.4 Å². The molecule has 0 amide bonds. The molecular weight excluding hydrogens is 364 g/mol. The highest BCUT2D eigenvalue weighted by atomic mass is 32.2. The minimum Gasteiger partial charge on any atom is -0.356 e. The average Bonchev–Trinajstić information content (AvgIpc) is 2.69. The fourth-order valence-electron chi connectivity index (χ4n) is 3.23. The van der Waals surface area contributed by atoms with E-state index in [1.165, 1.54) is 4.31 Å². The number of pyridine rings is 1. The van der Waals surface area contributed by atoms with Gasteiger partial charge in [-0.1, -0.05) is 19.9 Å². The van der Waals surface area contributed by atoms with E-state index in [1.807, 2.05) is 38.2 Å². The van der Waals surface area contributed by atoms with Crippen molar-refractivity contribution in [3.63, 3.8) is 0 Å². The summed E-state index contributed by atoms with van der Waals surface area (Å²) in [6.07, 6.45) is 3.78. The molecule has 0 atom stereocenters. The van der Waals surface area contributed by atoms with Gasteiger partial charge in [0.2, 0.25) is 10.0 Å². The number of aliphatic imine (C=N–C) groups is 1. The van der Waals surface area contributed by atoms with Gasteiger partial charge in [0.15, 0.2) is 5.96 Å². The first-order valence-corrected chi connectivity index (χ1v) is 11.2. The van der Waals surface area contributed by atoms with Crippen LogP contribution in [0.25, 0.3) is 0 Å². The third-order valence-corrected chi connectivity index (χ3v) is 6.81. The highest BCUT2D eigenvalue weighted by Gasteiger charge is 2.21. The third-order valence-electron chi connectivity index (χ3n) is 4.78. The van der Waals surface area contributed by atoms with E-state index < -0.39 is 10.0 Å². The molecule has 2 N–H and O–H groups in total. The van der Waals surface area contributed by atoms with Gasteiger partial charge in [0, 0.05) is 52.0 Å². The standard InChI is InChI=1S/C18H32N6O2S/c1-4-24(5-2)27(25,26)15-12-21-18(19-3)22-16-9-13-23(14-10-16)17-8-6-7-11-20-17/h6-8,11,16H,4-5,9-10,12-15H2,1-3H3,(H2,19,21,22). The summed E-state index contributed by atoms with van der Waals surface area (Å²) in [6.45, 7) is 6.91. The molecule has 0 bridgehead atoms. The molecule has 1 saturated heterocycles. The minimum atomic E-state index is -3.22. The first-order chi connectivity index (χ1) is 13.0. The number of nitrogens with one attached hydrogen (secondary N) is 2. The van der Waals surface area contributed by atoms with E-state index in [-0.39, 0.29) is 5.75 Å². The topological polar surface area (TPSA) is 89.9 Å². The molecule has 1 fully saturated rings. The van der Waals surface area contributed by atoms with E-state index in [2.05, 4.69) is 25.5 Å². The quantitative estimate of drug-likeness (QED) is 0.501. The zero-order valence-electron chi connectivity index (χ0n) is 16.6. The zero-order valence-corrected chi connectivity index (χ0v) is 17.4. The lowest BCUT2D eigenvalue weighted by atomic mass is 10.1. The van der Waals surface area contributed by atoms with Crippen molar-refractivity contribution < 1.29 is 8.42 Å². The van der Waals surface area contributed by atoms with Crippen molar-refractivity contribution in [2.24, 2.45) is 4.99 Å². The molecule has 0 radical (unpaired) electrons. The zero-order chi connectivity index (χ0) is 19.7. The molecule has 0 unspecified atom stereocenters. The van der Waals surface area contributed by atoms with Gasteiger partial charge >= 0.3 is 0 Å². The summed E-state index contributed by atoms with van der Waals surface area (Å²) >= 11 is 0. The summed E-state index contributed by atoms with van der Waals surface area (Å²) in [6, 6.07) is 6.28. The Morgan fingerprint density at radius 2 is 2.00 bits per heavy atom. The number of piperidine rings is 1. The SMILES string of the molecule is CCN(CC)S(=O)(=O)CCNC(=NC)NC1CCN(c2ccccn2)CC1. The normalized spacial score (nSPS) is 16.6. The molecule has 0 spiro atoms. The molecule has 2 rings (SSSR count). The Bertz CT molecular complexity index is 683.